The van der Waals surface area contributed by atoms with Gasteiger partial charge in [-0.3, -0.25) is 0 Å². The van der Waals surface area contributed by atoms with E-state index in [-0.39, 0.29) is 10.6 Å². The van der Waals surface area contributed by atoms with Crippen molar-refractivity contribution in [2.75, 3.05) is 13.2 Å². The largest absolute Gasteiger partial charge is 0.475 e. The lowest BCUT2D eigenvalue weighted by atomic mass is 10.1. The highest BCUT2D eigenvalue weighted by atomic mass is 32.1. The molecule has 112 valence electrons. The summed E-state index contributed by atoms with van der Waals surface area (Å²) in [5, 5.41) is 0.985. The summed E-state index contributed by atoms with van der Waals surface area (Å²) in [6.45, 7) is 6.89. The van der Waals surface area contributed by atoms with Gasteiger partial charge in [0, 0.05) is 5.39 Å². The minimum Gasteiger partial charge on any atom is -0.475 e. The minimum atomic E-state index is -0.188. The first-order chi connectivity index (χ1) is 9.87. The fourth-order valence-electron chi connectivity index (χ4n) is 1.87. The van der Waals surface area contributed by atoms with Gasteiger partial charge < -0.3 is 15.2 Å². The molecule has 0 aliphatic heterocycles. The molecule has 1 aromatic carbocycles. The van der Waals surface area contributed by atoms with Gasteiger partial charge in [-0.15, -0.1) is 0 Å². The summed E-state index contributed by atoms with van der Waals surface area (Å²) in [5.41, 5.74) is 7.07. The number of aromatic nitrogens is 1. The van der Waals surface area contributed by atoms with Crippen molar-refractivity contribution in [2.24, 2.45) is 5.73 Å². The highest BCUT2D eigenvalue weighted by molar-refractivity contribution is 7.80. The number of benzene rings is 1. The summed E-state index contributed by atoms with van der Waals surface area (Å²) in [6.07, 6.45) is 0. The zero-order chi connectivity index (χ0) is 15.5. The second-order valence-electron chi connectivity index (χ2n) is 5.71. The third-order valence-corrected chi connectivity index (χ3v) is 3.03. The van der Waals surface area contributed by atoms with Crippen molar-refractivity contribution >= 4 is 28.1 Å². The molecule has 0 fully saturated rings. The normalized spacial score (nSPS) is 11.6. The number of hydrogen-bond donors (Lipinski definition) is 1. The van der Waals surface area contributed by atoms with Crippen LogP contribution >= 0.6 is 12.2 Å². The van der Waals surface area contributed by atoms with Crippen molar-refractivity contribution < 1.29 is 9.47 Å². The van der Waals surface area contributed by atoms with Gasteiger partial charge >= 0.3 is 0 Å². The SMILES string of the molecule is CC(C)(C)OCCOc1nc2ccccc2cc1C(N)=S. The molecule has 4 nitrogen and oxygen atoms in total. The molecule has 0 aliphatic carbocycles. The van der Waals surface area contributed by atoms with Crippen molar-refractivity contribution in [1.82, 2.24) is 4.98 Å². The molecule has 1 heterocycles. The molecule has 0 bridgehead atoms. The van der Waals surface area contributed by atoms with Crippen LogP contribution in [0, 0.1) is 0 Å². The molecule has 0 spiro atoms. The molecular formula is C16H20N2O2S. The Hall–Kier alpha value is -1.72. The molecule has 2 rings (SSSR count). The summed E-state index contributed by atoms with van der Waals surface area (Å²) < 4.78 is 11.3. The number of rotatable bonds is 5. The van der Waals surface area contributed by atoms with E-state index in [0.717, 1.165) is 10.9 Å². The van der Waals surface area contributed by atoms with Gasteiger partial charge in [0.1, 0.15) is 11.6 Å². The summed E-state index contributed by atoms with van der Waals surface area (Å²) in [7, 11) is 0. The number of nitrogens with two attached hydrogens (primary N) is 1. The van der Waals surface area contributed by atoms with Crippen LogP contribution in [0.1, 0.15) is 26.3 Å². The number of fused-ring (bicyclic) bond motifs is 1. The second-order valence-corrected chi connectivity index (χ2v) is 6.15. The predicted octanol–water partition coefficient (Wildman–Crippen LogP) is 3.06. The molecule has 0 atom stereocenters. The minimum absolute atomic E-state index is 0.188. The highest BCUT2D eigenvalue weighted by Crippen LogP contribution is 2.22. The quantitative estimate of drug-likeness (QED) is 0.679. The molecule has 0 saturated carbocycles. The molecule has 0 aliphatic rings. The van der Waals surface area contributed by atoms with Crippen molar-refractivity contribution in [3.63, 3.8) is 0 Å². The van der Waals surface area contributed by atoms with Gasteiger partial charge in [-0.1, -0.05) is 30.4 Å². The third-order valence-electron chi connectivity index (χ3n) is 2.81. The lowest BCUT2D eigenvalue weighted by Crippen LogP contribution is -2.23. The van der Waals surface area contributed by atoms with E-state index < -0.39 is 0 Å². The maximum atomic E-state index is 5.76. The van der Waals surface area contributed by atoms with Crippen molar-refractivity contribution in [2.45, 2.75) is 26.4 Å². The smallest absolute Gasteiger partial charge is 0.224 e. The van der Waals surface area contributed by atoms with Gasteiger partial charge in [-0.2, -0.15) is 0 Å². The van der Waals surface area contributed by atoms with Crippen molar-refractivity contribution in [3.8, 4) is 5.88 Å². The van der Waals surface area contributed by atoms with Crippen LogP contribution in [0.25, 0.3) is 10.9 Å². The van der Waals surface area contributed by atoms with Gasteiger partial charge in [0.2, 0.25) is 5.88 Å². The Labute approximate surface area is 130 Å². The fourth-order valence-corrected chi connectivity index (χ4v) is 2.02. The Morgan fingerprint density at radius 3 is 2.62 bits per heavy atom. The first-order valence-electron chi connectivity index (χ1n) is 6.83. The van der Waals surface area contributed by atoms with Gasteiger partial charge in [-0.05, 0) is 32.9 Å². The van der Waals surface area contributed by atoms with E-state index in [1.165, 1.54) is 0 Å². The Balaban J connectivity index is 2.17. The first-order valence-corrected chi connectivity index (χ1v) is 7.24. The number of pyridine rings is 1. The van der Waals surface area contributed by atoms with E-state index in [4.69, 9.17) is 27.4 Å². The summed E-state index contributed by atoms with van der Waals surface area (Å²) in [5.74, 6) is 0.457. The van der Waals surface area contributed by atoms with Gasteiger partial charge in [0.25, 0.3) is 0 Å². The van der Waals surface area contributed by atoms with Gasteiger partial charge in [0.15, 0.2) is 0 Å². The highest BCUT2D eigenvalue weighted by Gasteiger charge is 2.12. The Morgan fingerprint density at radius 1 is 1.24 bits per heavy atom. The third kappa shape index (κ3) is 4.37. The van der Waals surface area contributed by atoms with Crippen LogP contribution in [0.5, 0.6) is 5.88 Å². The van der Waals surface area contributed by atoms with Crippen LogP contribution in [-0.2, 0) is 4.74 Å². The molecule has 0 saturated heterocycles. The number of hydrogen-bond acceptors (Lipinski definition) is 4. The predicted molar refractivity (Wildman–Crippen MR) is 88.8 cm³/mol. The lowest BCUT2D eigenvalue weighted by Gasteiger charge is -2.19. The molecule has 0 unspecified atom stereocenters. The van der Waals surface area contributed by atoms with Crippen molar-refractivity contribution in [3.05, 3.63) is 35.9 Å². The van der Waals surface area contributed by atoms with Crippen LogP contribution in [0.15, 0.2) is 30.3 Å². The average molecular weight is 304 g/mol. The summed E-state index contributed by atoms with van der Waals surface area (Å²) in [6, 6.07) is 9.69. The number of para-hydroxylation sites is 1. The van der Waals surface area contributed by atoms with E-state index in [1.807, 2.05) is 51.1 Å². The molecule has 2 N–H and O–H groups in total. The molecule has 0 radical (unpaired) electrons. The summed E-state index contributed by atoms with van der Waals surface area (Å²) >= 11 is 5.08. The van der Waals surface area contributed by atoms with E-state index in [9.17, 15) is 0 Å². The zero-order valence-corrected chi connectivity index (χ0v) is 13.4. The van der Waals surface area contributed by atoms with Gasteiger partial charge in [0.05, 0.1) is 23.3 Å². The topological polar surface area (TPSA) is 57.4 Å². The fraction of sp³-hybridized carbons (Fsp3) is 0.375. The Morgan fingerprint density at radius 2 is 1.95 bits per heavy atom. The van der Waals surface area contributed by atoms with E-state index in [0.29, 0.717) is 24.7 Å². The van der Waals surface area contributed by atoms with Crippen LogP contribution in [0.4, 0.5) is 0 Å². The molecule has 5 heteroatoms. The molecule has 0 amide bonds. The van der Waals surface area contributed by atoms with E-state index in [2.05, 4.69) is 4.98 Å². The van der Waals surface area contributed by atoms with E-state index >= 15 is 0 Å². The lowest BCUT2D eigenvalue weighted by molar-refractivity contribution is -0.0167. The standard InChI is InChI=1S/C16H20N2O2S/c1-16(2,3)20-9-8-19-15-12(14(17)21)10-11-6-4-5-7-13(11)18-15/h4-7,10H,8-9H2,1-3H3,(H2,17,21). The molecule has 2 aromatic rings. The number of thiocarbonyl (C=S) groups is 1. The van der Waals surface area contributed by atoms with Crippen LogP contribution < -0.4 is 10.5 Å². The second kappa shape index (κ2) is 6.37. The maximum absolute atomic E-state index is 5.76. The maximum Gasteiger partial charge on any atom is 0.224 e. The molecule has 1 aromatic heterocycles. The van der Waals surface area contributed by atoms with Crippen LogP contribution in [-0.4, -0.2) is 28.8 Å². The van der Waals surface area contributed by atoms with E-state index in [1.54, 1.807) is 0 Å². The average Bonchev–Trinajstić information content (AvgIpc) is 2.41. The van der Waals surface area contributed by atoms with Gasteiger partial charge in [-0.25, -0.2) is 4.98 Å². The van der Waals surface area contributed by atoms with Crippen LogP contribution in [0.2, 0.25) is 0 Å². The zero-order valence-electron chi connectivity index (χ0n) is 12.6. The summed E-state index contributed by atoms with van der Waals surface area (Å²) in [4.78, 5) is 4.76. The molecule has 21 heavy (non-hydrogen) atoms. The first kappa shape index (κ1) is 15.7. The van der Waals surface area contributed by atoms with Crippen LogP contribution in [0.3, 0.4) is 0 Å². The Bertz CT molecular complexity index is 650. The molecular weight excluding hydrogens is 284 g/mol. The number of ether oxygens (including phenoxy) is 2. The van der Waals surface area contributed by atoms with Crippen molar-refractivity contribution in [1.29, 1.82) is 0 Å². The Kier molecular flexibility index (Phi) is 4.75. The number of nitrogens with zero attached hydrogens (tertiary/aromatic N) is 1. The monoisotopic (exact) mass is 304 g/mol.